The second-order valence-corrected chi connectivity index (χ2v) is 7.96. The van der Waals surface area contributed by atoms with Crippen molar-refractivity contribution >= 4 is 39.8 Å². The summed E-state index contributed by atoms with van der Waals surface area (Å²) in [5, 5.41) is 11.3. The molecule has 8 heteroatoms. The van der Waals surface area contributed by atoms with Gasteiger partial charge in [-0.2, -0.15) is 0 Å². The van der Waals surface area contributed by atoms with Gasteiger partial charge in [0.25, 0.3) is 5.91 Å². The Kier molecular flexibility index (Phi) is 4.66. The van der Waals surface area contributed by atoms with E-state index >= 15 is 0 Å². The molecule has 0 radical (unpaired) electrons. The van der Waals surface area contributed by atoms with Gasteiger partial charge < -0.3 is 26.0 Å². The van der Waals surface area contributed by atoms with Gasteiger partial charge in [-0.05, 0) is 39.8 Å². The summed E-state index contributed by atoms with van der Waals surface area (Å²) in [5.74, 6) is -0.580. The van der Waals surface area contributed by atoms with Gasteiger partial charge >= 0.3 is 6.09 Å². The Morgan fingerprint density at radius 3 is 2.46 bits per heavy atom. The van der Waals surface area contributed by atoms with Crippen LogP contribution in [0.25, 0.3) is 21.9 Å². The molecule has 2 amide bonds. The third-order valence-corrected chi connectivity index (χ3v) is 4.91. The number of nitrogens with zero attached hydrogens (tertiary/aromatic N) is 3. The molecule has 0 spiro atoms. The highest BCUT2D eigenvalue weighted by atomic mass is 16.4. The van der Waals surface area contributed by atoms with Crippen molar-refractivity contribution in [3.63, 3.8) is 0 Å². The van der Waals surface area contributed by atoms with Crippen molar-refractivity contribution in [2.24, 2.45) is 5.73 Å². The SMILES string of the molecule is CC(CN(C(=O)O)C(C)(C)C)n1c2ccccc2c2cc(C(N)=O)c(N)nc21. The zero-order chi connectivity index (χ0) is 20.8. The number of carboxylic acid groups (broad SMARTS) is 1. The molecule has 2 aromatic heterocycles. The largest absolute Gasteiger partial charge is 0.465 e. The van der Waals surface area contributed by atoms with E-state index < -0.39 is 17.5 Å². The Labute approximate surface area is 162 Å². The van der Waals surface area contributed by atoms with Crippen molar-refractivity contribution < 1.29 is 14.7 Å². The van der Waals surface area contributed by atoms with Crippen molar-refractivity contribution in [1.82, 2.24) is 14.5 Å². The Morgan fingerprint density at radius 1 is 1.25 bits per heavy atom. The van der Waals surface area contributed by atoms with Crippen LogP contribution < -0.4 is 11.5 Å². The molecule has 28 heavy (non-hydrogen) atoms. The number of para-hydroxylation sites is 1. The monoisotopic (exact) mass is 383 g/mol. The average Bonchev–Trinajstić information content (AvgIpc) is 2.90. The van der Waals surface area contributed by atoms with E-state index in [2.05, 4.69) is 4.98 Å². The number of rotatable bonds is 4. The Hall–Kier alpha value is -3.29. The topological polar surface area (TPSA) is 127 Å². The maximum absolute atomic E-state index is 11.8. The van der Waals surface area contributed by atoms with Crippen LogP contribution in [0.1, 0.15) is 44.1 Å². The molecule has 3 aromatic rings. The maximum atomic E-state index is 11.8. The van der Waals surface area contributed by atoms with Gasteiger partial charge in [0.1, 0.15) is 11.5 Å². The van der Waals surface area contributed by atoms with E-state index in [4.69, 9.17) is 11.5 Å². The number of amides is 2. The highest BCUT2D eigenvalue weighted by Gasteiger charge is 2.29. The minimum absolute atomic E-state index is 0.0576. The number of anilines is 1. The molecule has 0 saturated carbocycles. The minimum atomic E-state index is -0.983. The number of carbonyl (C=O) groups is 2. The van der Waals surface area contributed by atoms with Gasteiger partial charge in [-0.3, -0.25) is 4.79 Å². The van der Waals surface area contributed by atoms with Crippen molar-refractivity contribution in [3.05, 3.63) is 35.9 Å². The molecule has 0 aliphatic carbocycles. The van der Waals surface area contributed by atoms with E-state index in [0.717, 1.165) is 16.3 Å². The molecular formula is C20H25N5O3. The average molecular weight is 383 g/mol. The van der Waals surface area contributed by atoms with E-state index in [-0.39, 0.29) is 24.0 Å². The molecule has 1 aromatic carbocycles. The number of aromatic nitrogens is 2. The maximum Gasteiger partial charge on any atom is 0.407 e. The Morgan fingerprint density at radius 2 is 1.89 bits per heavy atom. The molecular weight excluding hydrogens is 358 g/mol. The first-order valence-corrected chi connectivity index (χ1v) is 9.02. The summed E-state index contributed by atoms with van der Waals surface area (Å²) in [5.41, 5.74) is 12.5. The number of benzene rings is 1. The van der Waals surface area contributed by atoms with Gasteiger partial charge in [0.15, 0.2) is 0 Å². The van der Waals surface area contributed by atoms with Crippen LogP contribution in [-0.2, 0) is 0 Å². The van der Waals surface area contributed by atoms with E-state index in [1.54, 1.807) is 6.07 Å². The van der Waals surface area contributed by atoms with Crippen LogP contribution >= 0.6 is 0 Å². The molecule has 0 saturated heterocycles. The lowest BCUT2D eigenvalue weighted by atomic mass is 10.1. The molecule has 0 aliphatic heterocycles. The van der Waals surface area contributed by atoms with Crippen LogP contribution in [0.5, 0.6) is 0 Å². The lowest BCUT2D eigenvalue weighted by Crippen LogP contribution is -2.47. The van der Waals surface area contributed by atoms with Crippen molar-refractivity contribution in [2.75, 3.05) is 12.3 Å². The third-order valence-electron chi connectivity index (χ3n) is 4.91. The smallest absolute Gasteiger partial charge is 0.407 e. The Bertz CT molecular complexity index is 1080. The van der Waals surface area contributed by atoms with Crippen molar-refractivity contribution in [3.8, 4) is 0 Å². The van der Waals surface area contributed by atoms with Crippen LogP contribution in [0.2, 0.25) is 0 Å². The van der Waals surface area contributed by atoms with E-state index in [1.807, 2.05) is 56.5 Å². The lowest BCUT2D eigenvalue weighted by molar-refractivity contribution is 0.0921. The number of pyridine rings is 1. The van der Waals surface area contributed by atoms with Gasteiger partial charge in [-0.25, -0.2) is 9.78 Å². The van der Waals surface area contributed by atoms with E-state index in [1.165, 1.54) is 4.90 Å². The molecule has 3 rings (SSSR count). The standard InChI is InChI=1S/C20H25N5O3/c1-11(10-24(19(27)28)20(2,3)4)25-15-8-6-5-7-12(15)13-9-14(17(22)26)16(21)23-18(13)25/h5-9,11H,10H2,1-4H3,(H2,21,23)(H2,22,26)(H,27,28). The number of hydrogen-bond acceptors (Lipinski definition) is 4. The van der Waals surface area contributed by atoms with E-state index in [9.17, 15) is 14.7 Å². The van der Waals surface area contributed by atoms with E-state index in [0.29, 0.717) is 5.65 Å². The number of fused-ring (bicyclic) bond motifs is 3. The Balaban J connectivity index is 2.23. The van der Waals surface area contributed by atoms with Crippen LogP contribution in [0.4, 0.5) is 10.6 Å². The number of primary amides is 1. The molecule has 148 valence electrons. The second-order valence-electron chi connectivity index (χ2n) is 7.96. The van der Waals surface area contributed by atoms with Crippen LogP contribution in [0, 0.1) is 0 Å². The molecule has 0 aliphatic rings. The summed E-state index contributed by atoms with van der Waals surface area (Å²) in [6.45, 7) is 7.78. The first-order valence-electron chi connectivity index (χ1n) is 9.02. The lowest BCUT2D eigenvalue weighted by Gasteiger charge is -2.35. The summed E-state index contributed by atoms with van der Waals surface area (Å²) in [4.78, 5) is 29.3. The number of carbonyl (C=O) groups excluding carboxylic acids is 1. The van der Waals surface area contributed by atoms with Crippen LogP contribution in [0.15, 0.2) is 30.3 Å². The first-order chi connectivity index (χ1) is 13.0. The molecule has 8 nitrogen and oxygen atoms in total. The molecule has 5 N–H and O–H groups in total. The molecule has 2 heterocycles. The predicted octanol–water partition coefficient (Wildman–Crippen LogP) is 3.21. The fourth-order valence-corrected chi connectivity index (χ4v) is 3.55. The second kappa shape index (κ2) is 6.70. The number of nitrogen functional groups attached to an aromatic ring is 1. The summed E-state index contributed by atoms with van der Waals surface area (Å²) < 4.78 is 1.97. The van der Waals surface area contributed by atoms with Crippen LogP contribution in [-0.4, -0.2) is 43.6 Å². The minimum Gasteiger partial charge on any atom is -0.465 e. The highest BCUT2D eigenvalue weighted by Crippen LogP contribution is 2.33. The fourth-order valence-electron chi connectivity index (χ4n) is 3.55. The zero-order valence-corrected chi connectivity index (χ0v) is 16.4. The van der Waals surface area contributed by atoms with Crippen molar-refractivity contribution in [2.45, 2.75) is 39.3 Å². The summed E-state index contributed by atoms with van der Waals surface area (Å²) >= 11 is 0. The molecule has 1 atom stereocenters. The quantitative estimate of drug-likeness (QED) is 0.637. The van der Waals surface area contributed by atoms with Gasteiger partial charge in [0.05, 0.1) is 17.1 Å². The normalized spacial score (nSPS) is 13.0. The molecule has 1 unspecified atom stereocenters. The highest BCUT2D eigenvalue weighted by molar-refractivity contribution is 6.10. The van der Waals surface area contributed by atoms with Gasteiger partial charge in [0.2, 0.25) is 0 Å². The zero-order valence-electron chi connectivity index (χ0n) is 16.4. The fraction of sp³-hybridized carbons (Fsp3) is 0.350. The number of nitrogens with two attached hydrogens (primary N) is 2. The van der Waals surface area contributed by atoms with Gasteiger partial charge in [0, 0.05) is 22.9 Å². The van der Waals surface area contributed by atoms with Crippen molar-refractivity contribution in [1.29, 1.82) is 0 Å². The van der Waals surface area contributed by atoms with Crippen LogP contribution in [0.3, 0.4) is 0 Å². The predicted molar refractivity (Wildman–Crippen MR) is 109 cm³/mol. The number of hydrogen-bond donors (Lipinski definition) is 3. The summed E-state index contributed by atoms with van der Waals surface area (Å²) in [6, 6.07) is 9.11. The third kappa shape index (κ3) is 3.21. The summed E-state index contributed by atoms with van der Waals surface area (Å²) in [7, 11) is 0. The van der Waals surface area contributed by atoms with Gasteiger partial charge in [-0.15, -0.1) is 0 Å². The first kappa shape index (κ1) is 19.5. The van der Waals surface area contributed by atoms with Gasteiger partial charge in [-0.1, -0.05) is 18.2 Å². The summed E-state index contributed by atoms with van der Waals surface area (Å²) in [6.07, 6.45) is -0.983. The molecule has 0 bridgehead atoms. The molecule has 0 fully saturated rings.